The molecule has 14 N–H and O–H groups in total. The van der Waals surface area contributed by atoms with E-state index in [0.717, 1.165) is 0 Å². The molecular formula is C18H35NO16. The highest BCUT2D eigenvalue weighted by atomic mass is 16.7. The van der Waals surface area contributed by atoms with Crippen LogP contribution in [0.15, 0.2) is 0 Å². The van der Waals surface area contributed by atoms with Gasteiger partial charge in [0.05, 0.1) is 25.9 Å². The fraction of sp³-hybridized carbons (Fsp3) is 1.00. The van der Waals surface area contributed by atoms with Crippen molar-refractivity contribution in [3.63, 3.8) is 0 Å². The van der Waals surface area contributed by atoms with Crippen molar-refractivity contribution in [3.8, 4) is 0 Å². The molecule has 0 aromatic carbocycles. The number of hydrogen-bond donors (Lipinski definition) is 14. The van der Waals surface area contributed by atoms with Crippen LogP contribution in [0.5, 0.6) is 0 Å². The Morgan fingerprint density at radius 1 is 0.686 bits per heavy atom. The first-order valence-corrected chi connectivity index (χ1v) is 10.7. The van der Waals surface area contributed by atoms with E-state index in [4.69, 9.17) is 19.3 Å². The molecule has 2 heterocycles. The van der Waals surface area contributed by atoms with E-state index < -0.39 is 112 Å². The summed E-state index contributed by atoms with van der Waals surface area (Å²) in [4.78, 5) is 0. The zero-order chi connectivity index (χ0) is 26.6. The maximum absolute atomic E-state index is 10.5. The molecule has 0 aliphatic carbocycles. The molecule has 2 aliphatic rings. The number of hydrogen-bond acceptors (Lipinski definition) is 17. The maximum Gasteiger partial charge on any atom is 0.187 e. The van der Waals surface area contributed by atoms with Crippen LogP contribution < -0.4 is 5.32 Å². The lowest BCUT2D eigenvalue weighted by Crippen LogP contribution is -2.69. The summed E-state index contributed by atoms with van der Waals surface area (Å²) in [6.45, 7) is -2.60. The lowest BCUT2D eigenvalue weighted by Gasteiger charge is -2.47. The monoisotopic (exact) mass is 521 g/mol. The zero-order valence-electron chi connectivity index (χ0n) is 18.3. The molecule has 0 aromatic heterocycles. The van der Waals surface area contributed by atoms with Gasteiger partial charge < -0.3 is 80.6 Å². The molecule has 15 unspecified atom stereocenters. The van der Waals surface area contributed by atoms with Crippen LogP contribution in [0.25, 0.3) is 0 Å². The molecule has 0 radical (unpaired) electrons. The zero-order valence-corrected chi connectivity index (χ0v) is 18.3. The Balaban J connectivity index is 2.09. The largest absolute Gasteiger partial charge is 0.394 e. The maximum atomic E-state index is 10.5. The van der Waals surface area contributed by atoms with Crippen molar-refractivity contribution in [2.45, 2.75) is 92.0 Å². The third-order valence-corrected chi connectivity index (χ3v) is 5.98. The molecule has 2 saturated heterocycles. The van der Waals surface area contributed by atoms with Gasteiger partial charge in [0, 0.05) is 0 Å². The van der Waals surface area contributed by atoms with E-state index in [1.807, 2.05) is 0 Å². The van der Waals surface area contributed by atoms with Gasteiger partial charge in [-0.2, -0.15) is 0 Å². The standard InChI is InChI=1S/C18H35NO16/c20-1-4(23)8(24)10(26)12(28)16(31)19-7-5(2-21)34-18(14(30)9(7)25)35-15-6(3-22)33-17(32)13(29)11(15)27/h4-32H,1-3H2. The van der Waals surface area contributed by atoms with Crippen molar-refractivity contribution < 1.29 is 80.6 Å². The average molecular weight is 521 g/mol. The quantitative estimate of drug-likeness (QED) is 0.112. The first kappa shape index (κ1) is 30.5. The summed E-state index contributed by atoms with van der Waals surface area (Å²) in [5.74, 6) is 0. The highest BCUT2D eigenvalue weighted by Gasteiger charge is 2.51. The average Bonchev–Trinajstić information content (AvgIpc) is 2.85. The summed E-state index contributed by atoms with van der Waals surface area (Å²) in [6, 6.07) is -1.51. The first-order valence-electron chi connectivity index (χ1n) is 10.7. The molecule has 15 atom stereocenters. The number of aliphatic hydroxyl groups excluding tert-OH is 13. The fourth-order valence-corrected chi connectivity index (χ4v) is 3.82. The minimum Gasteiger partial charge on any atom is -0.394 e. The second-order valence-corrected chi connectivity index (χ2v) is 8.40. The summed E-state index contributed by atoms with van der Waals surface area (Å²) in [7, 11) is 0. The van der Waals surface area contributed by atoms with Gasteiger partial charge in [0.2, 0.25) is 0 Å². The van der Waals surface area contributed by atoms with Crippen molar-refractivity contribution in [2.24, 2.45) is 0 Å². The molecular weight excluding hydrogens is 486 g/mol. The van der Waals surface area contributed by atoms with Gasteiger partial charge in [-0.1, -0.05) is 0 Å². The van der Waals surface area contributed by atoms with E-state index in [1.165, 1.54) is 0 Å². The number of nitrogens with one attached hydrogen (secondary N) is 1. The summed E-state index contributed by atoms with van der Waals surface area (Å²) < 4.78 is 15.7. The van der Waals surface area contributed by atoms with E-state index >= 15 is 0 Å². The van der Waals surface area contributed by atoms with Crippen LogP contribution in [0.3, 0.4) is 0 Å². The Labute approximate surface area is 198 Å². The molecule has 35 heavy (non-hydrogen) atoms. The number of rotatable bonds is 11. The van der Waals surface area contributed by atoms with Gasteiger partial charge >= 0.3 is 0 Å². The predicted molar refractivity (Wildman–Crippen MR) is 107 cm³/mol. The van der Waals surface area contributed by atoms with Crippen molar-refractivity contribution in [3.05, 3.63) is 0 Å². The molecule has 0 saturated carbocycles. The summed E-state index contributed by atoms with van der Waals surface area (Å²) in [5, 5.41) is 130. The molecule has 2 fully saturated rings. The third-order valence-electron chi connectivity index (χ3n) is 5.98. The first-order chi connectivity index (χ1) is 16.4. The summed E-state index contributed by atoms with van der Waals surface area (Å²) in [6.07, 6.45) is -25.9. The van der Waals surface area contributed by atoms with Crippen LogP contribution in [-0.4, -0.2) is 178 Å². The Bertz CT molecular complexity index is 629. The SMILES string of the molecule is OCC(O)C(O)C(O)C(O)C(O)NC1C(CO)OC(OC2C(CO)OC(O)C(O)C2O)C(O)C1O. The van der Waals surface area contributed by atoms with Gasteiger partial charge in [0.15, 0.2) is 12.6 Å². The number of ether oxygens (including phenoxy) is 3. The molecule has 208 valence electrons. The lowest BCUT2D eigenvalue weighted by molar-refractivity contribution is -0.348. The second kappa shape index (κ2) is 13.2. The van der Waals surface area contributed by atoms with Crippen LogP contribution in [-0.2, 0) is 14.2 Å². The topological polar surface area (TPSA) is 303 Å². The molecule has 0 aromatic rings. The van der Waals surface area contributed by atoms with E-state index in [-0.39, 0.29) is 0 Å². The van der Waals surface area contributed by atoms with Gasteiger partial charge in [-0.05, 0) is 0 Å². The molecule has 17 heteroatoms. The normalized spacial score (nSPS) is 42.8. The third kappa shape index (κ3) is 6.80. The Hall–Kier alpha value is -0.680. The van der Waals surface area contributed by atoms with E-state index in [0.29, 0.717) is 0 Å². The van der Waals surface area contributed by atoms with Crippen molar-refractivity contribution in [1.82, 2.24) is 5.32 Å². The summed E-state index contributed by atoms with van der Waals surface area (Å²) >= 11 is 0. The van der Waals surface area contributed by atoms with E-state index in [1.54, 1.807) is 0 Å². The Morgan fingerprint density at radius 2 is 1.29 bits per heavy atom. The second-order valence-electron chi connectivity index (χ2n) is 8.40. The number of aliphatic hydroxyl groups is 13. The lowest BCUT2D eigenvalue weighted by atomic mass is 9.94. The van der Waals surface area contributed by atoms with Gasteiger partial charge in [0.1, 0.15) is 73.4 Å². The molecule has 2 aliphatic heterocycles. The van der Waals surface area contributed by atoms with E-state index in [9.17, 15) is 61.3 Å². The van der Waals surface area contributed by atoms with Gasteiger partial charge in [-0.3, -0.25) is 5.32 Å². The highest BCUT2D eigenvalue weighted by Crippen LogP contribution is 2.29. The van der Waals surface area contributed by atoms with Crippen LogP contribution in [0.2, 0.25) is 0 Å². The van der Waals surface area contributed by atoms with Gasteiger partial charge in [-0.25, -0.2) is 0 Å². The molecule has 0 amide bonds. The Kier molecular flexibility index (Phi) is 11.5. The summed E-state index contributed by atoms with van der Waals surface area (Å²) in [5.41, 5.74) is 0. The predicted octanol–water partition coefficient (Wildman–Crippen LogP) is -9.05. The van der Waals surface area contributed by atoms with E-state index in [2.05, 4.69) is 5.32 Å². The van der Waals surface area contributed by atoms with Crippen LogP contribution >= 0.6 is 0 Å². The van der Waals surface area contributed by atoms with Crippen LogP contribution in [0.4, 0.5) is 0 Å². The minimum atomic E-state index is -2.18. The molecule has 2 rings (SSSR count). The van der Waals surface area contributed by atoms with Crippen molar-refractivity contribution in [2.75, 3.05) is 19.8 Å². The van der Waals surface area contributed by atoms with Crippen LogP contribution in [0, 0.1) is 0 Å². The highest BCUT2D eigenvalue weighted by molar-refractivity contribution is 4.98. The smallest absolute Gasteiger partial charge is 0.187 e. The molecule has 17 nitrogen and oxygen atoms in total. The van der Waals surface area contributed by atoms with Crippen LogP contribution in [0.1, 0.15) is 0 Å². The molecule has 0 bridgehead atoms. The minimum absolute atomic E-state index is 0.784. The van der Waals surface area contributed by atoms with Crippen molar-refractivity contribution >= 4 is 0 Å². The Morgan fingerprint density at radius 3 is 1.83 bits per heavy atom. The van der Waals surface area contributed by atoms with Crippen molar-refractivity contribution in [1.29, 1.82) is 0 Å². The van der Waals surface area contributed by atoms with Gasteiger partial charge in [-0.15, -0.1) is 0 Å². The fourth-order valence-electron chi connectivity index (χ4n) is 3.82. The van der Waals surface area contributed by atoms with Gasteiger partial charge in [0.25, 0.3) is 0 Å². The molecule has 0 spiro atoms.